The number of benzene rings is 1. The van der Waals surface area contributed by atoms with Crippen LogP contribution in [-0.4, -0.2) is 45.3 Å². The molecule has 1 aliphatic heterocycles. The first-order valence-corrected chi connectivity index (χ1v) is 11.0. The summed E-state index contributed by atoms with van der Waals surface area (Å²) in [5.41, 5.74) is 0.113. The van der Waals surface area contributed by atoms with Gasteiger partial charge in [0.25, 0.3) is 5.91 Å². The molecule has 4 rings (SSSR count). The molecule has 1 fully saturated rings. The standard InChI is InChI=1S/C23H29FN4O3/c1-4-11-28-21(30)20-19(25-14(2)29)17-12-15(24)9-10-18(17)27(20)13-23(28,3)22(31)26-16-7-5-6-8-16/h9-10,12,16H,4-8,11,13H2,1-3H3,(H,25,29)(H,26,31). The molecule has 0 radical (unpaired) electrons. The Morgan fingerprint density at radius 1 is 1.26 bits per heavy atom. The minimum absolute atomic E-state index is 0.134. The molecule has 2 heterocycles. The summed E-state index contributed by atoms with van der Waals surface area (Å²) in [5, 5.41) is 6.32. The number of anilines is 1. The van der Waals surface area contributed by atoms with E-state index in [0.717, 1.165) is 25.7 Å². The molecule has 1 atom stereocenters. The molecule has 3 amide bonds. The van der Waals surface area contributed by atoms with Crippen LogP contribution in [0.25, 0.3) is 10.9 Å². The van der Waals surface area contributed by atoms with E-state index in [1.165, 1.54) is 19.1 Å². The summed E-state index contributed by atoms with van der Waals surface area (Å²) in [6.07, 6.45) is 4.78. The molecule has 2 aliphatic rings. The van der Waals surface area contributed by atoms with E-state index in [2.05, 4.69) is 10.6 Å². The average Bonchev–Trinajstić information content (AvgIpc) is 3.31. The molecule has 1 unspecified atom stereocenters. The fraction of sp³-hybridized carbons (Fsp3) is 0.522. The van der Waals surface area contributed by atoms with Gasteiger partial charge in [-0.15, -0.1) is 0 Å². The van der Waals surface area contributed by atoms with Crippen LogP contribution in [0.3, 0.4) is 0 Å². The third-order valence-corrected chi connectivity index (χ3v) is 6.46. The maximum absolute atomic E-state index is 14.0. The van der Waals surface area contributed by atoms with Crippen LogP contribution in [0.15, 0.2) is 18.2 Å². The van der Waals surface area contributed by atoms with Crippen LogP contribution in [0.4, 0.5) is 10.1 Å². The van der Waals surface area contributed by atoms with Gasteiger partial charge in [0.1, 0.15) is 17.1 Å². The largest absolute Gasteiger partial charge is 0.351 e. The molecular formula is C23H29FN4O3. The molecule has 1 aliphatic carbocycles. The van der Waals surface area contributed by atoms with Crippen molar-refractivity contribution >= 4 is 34.3 Å². The molecule has 1 saturated carbocycles. The highest BCUT2D eigenvalue weighted by molar-refractivity contribution is 6.14. The molecule has 7 nitrogen and oxygen atoms in total. The van der Waals surface area contributed by atoms with Crippen molar-refractivity contribution in [2.45, 2.75) is 71.0 Å². The van der Waals surface area contributed by atoms with Gasteiger partial charge in [0.15, 0.2) is 0 Å². The van der Waals surface area contributed by atoms with Gasteiger partial charge < -0.3 is 20.1 Å². The van der Waals surface area contributed by atoms with Crippen LogP contribution >= 0.6 is 0 Å². The summed E-state index contributed by atoms with van der Waals surface area (Å²) < 4.78 is 15.8. The van der Waals surface area contributed by atoms with Crippen LogP contribution in [0.5, 0.6) is 0 Å². The number of carbonyl (C=O) groups is 3. The van der Waals surface area contributed by atoms with Crippen molar-refractivity contribution in [1.82, 2.24) is 14.8 Å². The molecule has 0 saturated heterocycles. The monoisotopic (exact) mass is 428 g/mol. The second-order valence-corrected chi connectivity index (χ2v) is 8.84. The Kier molecular flexibility index (Phi) is 5.49. The number of halogens is 1. The third-order valence-electron chi connectivity index (χ3n) is 6.46. The fourth-order valence-electron chi connectivity index (χ4n) is 4.94. The predicted molar refractivity (Wildman–Crippen MR) is 116 cm³/mol. The Morgan fingerprint density at radius 2 is 1.97 bits per heavy atom. The summed E-state index contributed by atoms with van der Waals surface area (Å²) in [6, 6.07) is 4.37. The Morgan fingerprint density at radius 3 is 2.61 bits per heavy atom. The van der Waals surface area contributed by atoms with E-state index >= 15 is 0 Å². The van der Waals surface area contributed by atoms with E-state index in [4.69, 9.17) is 0 Å². The van der Waals surface area contributed by atoms with Crippen molar-refractivity contribution in [3.63, 3.8) is 0 Å². The van der Waals surface area contributed by atoms with E-state index in [0.29, 0.717) is 29.6 Å². The zero-order valence-corrected chi connectivity index (χ0v) is 18.3. The number of fused-ring (bicyclic) bond motifs is 3. The third kappa shape index (κ3) is 3.58. The molecule has 1 aromatic heterocycles. The highest BCUT2D eigenvalue weighted by Crippen LogP contribution is 2.39. The first-order chi connectivity index (χ1) is 14.8. The van der Waals surface area contributed by atoms with Crippen LogP contribution in [0.1, 0.15) is 63.4 Å². The van der Waals surface area contributed by atoms with Gasteiger partial charge in [0.05, 0.1) is 17.7 Å². The summed E-state index contributed by atoms with van der Waals surface area (Å²) >= 11 is 0. The maximum Gasteiger partial charge on any atom is 0.273 e. The normalized spacial score (nSPS) is 21.4. The average molecular weight is 429 g/mol. The molecule has 1 aromatic carbocycles. The lowest BCUT2D eigenvalue weighted by Crippen LogP contribution is -2.64. The van der Waals surface area contributed by atoms with E-state index in [-0.39, 0.29) is 36.0 Å². The highest BCUT2D eigenvalue weighted by atomic mass is 19.1. The fourth-order valence-corrected chi connectivity index (χ4v) is 4.94. The van der Waals surface area contributed by atoms with Gasteiger partial charge in [-0.2, -0.15) is 0 Å². The molecule has 0 spiro atoms. The van der Waals surface area contributed by atoms with Crippen molar-refractivity contribution in [2.24, 2.45) is 0 Å². The second-order valence-electron chi connectivity index (χ2n) is 8.84. The maximum atomic E-state index is 14.0. The minimum atomic E-state index is -1.09. The number of rotatable bonds is 5. The lowest BCUT2D eigenvalue weighted by molar-refractivity contribution is -0.133. The first kappa shape index (κ1) is 21.3. The van der Waals surface area contributed by atoms with Gasteiger partial charge in [-0.3, -0.25) is 14.4 Å². The molecule has 0 bridgehead atoms. The molecule has 2 N–H and O–H groups in total. The van der Waals surface area contributed by atoms with Crippen molar-refractivity contribution in [2.75, 3.05) is 11.9 Å². The number of aromatic nitrogens is 1. The van der Waals surface area contributed by atoms with Crippen molar-refractivity contribution in [3.05, 3.63) is 29.7 Å². The number of hydrogen-bond acceptors (Lipinski definition) is 3. The summed E-state index contributed by atoms with van der Waals surface area (Å²) in [4.78, 5) is 40.6. The lowest BCUT2D eigenvalue weighted by Gasteiger charge is -2.44. The molecular weight excluding hydrogens is 399 g/mol. The Bertz CT molecular complexity index is 1060. The Labute approximate surface area is 181 Å². The van der Waals surface area contributed by atoms with E-state index in [1.807, 2.05) is 6.92 Å². The predicted octanol–water partition coefficient (Wildman–Crippen LogP) is 3.42. The van der Waals surface area contributed by atoms with Crippen molar-refractivity contribution < 1.29 is 18.8 Å². The Hall–Kier alpha value is -2.90. The molecule has 31 heavy (non-hydrogen) atoms. The smallest absolute Gasteiger partial charge is 0.273 e. The van der Waals surface area contributed by atoms with Crippen molar-refractivity contribution in [1.29, 1.82) is 0 Å². The first-order valence-electron chi connectivity index (χ1n) is 11.0. The number of nitrogens with one attached hydrogen (secondary N) is 2. The topological polar surface area (TPSA) is 83.4 Å². The van der Waals surface area contributed by atoms with Gasteiger partial charge in [-0.05, 0) is 44.4 Å². The van der Waals surface area contributed by atoms with Crippen LogP contribution < -0.4 is 10.6 Å². The molecule has 8 heteroatoms. The lowest BCUT2D eigenvalue weighted by atomic mass is 9.93. The number of nitrogens with zero attached hydrogens (tertiary/aromatic N) is 2. The Balaban J connectivity index is 1.85. The van der Waals surface area contributed by atoms with Gasteiger partial charge in [-0.25, -0.2) is 4.39 Å². The van der Waals surface area contributed by atoms with Crippen molar-refractivity contribution in [3.8, 4) is 0 Å². The zero-order chi connectivity index (χ0) is 22.3. The second kappa shape index (κ2) is 7.98. The van der Waals surface area contributed by atoms with Gasteiger partial charge in [-0.1, -0.05) is 19.8 Å². The number of amides is 3. The quantitative estimate of drug-likeness (QED) is 0.765. The van der Waals surface area contributed by atoms with E-state index < -0.39 is 11.4 Å². The zero-order valence-electron chi connectivity index (χ0n) is 18.3. The molecule has 2 aromatic rings. The minimum Gasteiger partial charge on any atom is -0.351 e. The summed E-state index contributed by atoms with van der Waals surface area (Å²) in [5.74, 6) is -1.31. The summed E-state index contributed by atoms with van der Waals surface area (Å²) in [6.45, 7) is 5.74. The van der Waals surface area contributed by atoms with E-state index in [1.54, 1.807) is 22.5 Å². The molecule has 166 valence electrons. The number of hydrogen-bond donors (Lipinski definition) is 2. The SMILES string of the molecule is CCCN1C(=O)c2c(NC(C)=O)c3cc(F)ccc3n2CC1(C)C(=O)NC1CCCC1. The van der Waals surface area contributed by atoms with E-state index in [9.17, 15) is 18.8 Å². The van der Waals surface area contributed by atoms with Crippen LogP contribution in [-0.2, 0) is 16.1 Å². The van der Waals surface area contributed by atoms with Crippen LogP contribution in [0.2, 0.25) is 0 Å². The van der Waals surface area contributed by atoms with Crippen LogP contribution in [0, 0.1) is 5.82 Å². The number of carbonyl (C=O) groups excluding carboxylic acids is 3. The van der Waals surface area contributed by atoms with Gasteiger partial charge in [0, 0.05) is 24.9 Å². The van der Waals surface area contributed by atoms with Gasteiger partial charge in [0.2, 0.25) is 11.8 Å². The summed E-state index contributed by atoms with van der Waals surface area (Å²) in [7, 11) is 0. The highest BCUT2D eigenvalue weighted by Gasteiger charge is 2.49. The van der Waals surface area contributed by atoms with Gasteiger partial charge >= 0.3 is 0 Å².